The van der Waals surface area contributed by atoms with Crippen LogP contribution in [0.5, 0.6) is 5.75 Å². The number of rotatable bonds is 20. The minimum Gasteiger partial charge on any atom is -0.494 e. The SMILES string of the molecule is CCCCCCCCCCCCCCCCOc1cccc(C(C)=NOCC(=O)O)c1. The van der Waals surface area contributed by atoms with Crippen LogP contribution in [-0.4, -0.2) is 30.0 Å². The van der Waals surface area contributed by atoms with Crippen LogP contribution < -0.4 is 4.74 Å². The van der Waals surface area contributed by atoms with Crippen LogP contribution in [0, 0.1) is 0 Å². The van der Waals surface area contributed by atoms with Crippen molar-refractivity contribution in [1.29, 1.82) is 0 Å². The van der Waals surface area contributed by atoms with E-state index in [4.69, 9.17) is 14.7 Å². The first kappa shape index (κ1) is 27.0. The van der Waals surface area contributed by atoms with Crippen molar-refractivity contribution in [3.8, 4) is 5.75 Å². The van der Waals surface area contributed by atoms with Crippen LogP contribution in [0.15, 0.2) is 29.4 Å². The Labute approximate surface area is 189 Å². The zero-order chi connectivity index (χ0) is 22.6. The number of carboxylic acids is 1. The minimum atomic E-state index is -1.04. The number of ether oxygens (including phenoxy) is 1. The fourth-order valence-corrected chi connectivity index (χ4v) is 3.53. The molecule has 0 aromatic heterocycles. The van der Waals surface area contributed by atoms with Gasteiger partial charge < -0.3 is 14.7 Å². The van der Waals surface area contributed by atoms with Crippen LogP contribution in [0.2, 0.25) is 0 Å². The Morgan fingerprint density at radius 1 is 0.871 bits per heavy atom. The van der Waals surface area contributed by atoms with E-state index in [0.717, 1.165) is 17.7 Å². The van der Waals surface area contributed by atoms with E-state index in [9.17, 15) is 4.79 Å². The van der Waals surface area contributed by atoms with E-state index in [2.05, 4.69) is 12.1 Å². The van der Waals surface area contributed by atoms with Crippen molar-refractivity contribution in [1.82, 2.24) is 0 Å². The number of hydrogen-bond donors (Lipinski definition) is 1. The van der Waals surface area contributed by atoms with Gasteiger partial charge in [-0.25, -0.2) is 4.79 Å². The number of carbonyl (C=O) groups is 1. The third-order valence-corrected chi connectivity index (χ3v) is 5.41. The van der Waals surface area contributed by atoms with E-state index in [-0.39, 0.29) is 0 Å². The maximum Gasteiger partial charge on any atom is 0.344 e. The summed E-state index contributed by atoms with van der Waals surface area (Å²) in [6.07, 6.45) is 18.9. The summed E-state index contributed by atoms with van der Waals surface area (Å²) in [5, 5.41) is 12.4. The molecule has 0 unspecified atom stereocenters. The summed E-state index contributed by atoms with van der Waals surface area (Å²) in [6, 6.07) is 7.65. The highest BCUT2D eigenvalue weighted by Gasteiger charge is 2.02. The van der Waals surface area contributed by atoms with Gasteiger partial charge in [-0.1, -0.05) is 108 Å². The van der Waals surface area contributed by atoms with Gasteiger partial charge in [0.2, 0.25) is 6.61 Å². The first-order valence-corrected chi connectivity index (χ1v) is 12.2. The van der Waals surface area contributed by atoms with Crippen LogP contribution in [0.1, 0.15) is 109 Å². The van der Waals surface area contributed by atoms with Gasteiger partial charge >= 0.3 is 5.97 Å². The van der Waals surface area contributed by atoms with Crippen LogP contribution >= 0.6 is 0 Å². The molecule has 5 heteroatoms. The quantitative estimate of drug-likeness (QED) is 0.132. The molecule has 0 aliphatic carbocycles. The predicted molar refractivity (Wildman–Crippen MR) is 128 cm³/mol. The van der Waals surface area contributed by atoms with Gasteiger partial charge in [0.15, 0.2) is 0 Å². The van der Waals surface area contributed by atoms with Gasteiger partial charge in [0.05, 0.1) is 12.3 Å². The second kappa shape index (κ2) is 18.7. The van der Waals surface area contributed by atoms with Crippen molar-refractivity contribution in [2.45, 2.75) is 104 Å². The number of oxime groups is 1. The summed E-state index contributed by atoms with van der Waals surface area (Å²) in [4.78, 5) is 15.3. The maximum atomic E-state index is 10.5. The van der Waals surface area contributed by atoms with Crippen molar-refractivity contribution in [3.05, 3.63) is 29.8 Å². The van der Waals surface area contributed by atoms with E-state index in [0.29, 0.717) is 12.3 Å². The van der Waals surface area contributed by atoms with E-state index in [1.165, 1.54) is 83.5 Å². The second-order valence-electron chi connectivity index (χ2n) is 8.32. The smallest absolute Gasteiger partial charge is 0.344 e. The van der Waals surface area contributed by atoms with E-state index in [1.54, 1.807) is 6.92 Å². The molecule has 0 aliphatic heterocycles. The molecule has 0 bridgehead atoms. The fourth-order valence-electron chi connectivity index (χ4n) is 3.53. The number of unbranched alkanes of at least 4 members (excludes halogenated alkanes) is 13. The summed E-state index contributed by atoms with van der Waals surface area (Å²) in [5.41, 5.74) is 1.49. The average Bonchev–Trinajstić information content (AvgIpc) is 2.76. The molecule has 0 aliphatic rings. The Balaban J connectivity index is 2.01. The molecule has 1 aromatic carbocycles. The standard InChI is InChI=1S/C26H43NO4/c1-3-4-5-6-7-8-9-10-11-12-13-14-15-16-20-30-25-19-17-18-24(21-25)23(2)27-31-22-26(28)29/h17-19,21H,3-16,20,22H2,1-2H3,(H,28,29). The Hall–Kier alpha value is -2.04. The molecular formula is C26H43NO4. The number of carboxylic acid groups (broad SMARTS) is 1. The van der Waals surface area contributed by atoms with Crippen molar-refractivity contribution in [2.75, 3.05) is 13.2 Å². The molecule has 1 aromatic rings. The summed E-state index contributed by atoms with van der Waals surface area (Å²) in [6.45, 7) is 4.34. The van der Waals surface area contributed by atoms with Crippen molar-refractivity contribution in [3.63, 3.8) is 0 Å². The third kappa shape index (κ3) is 15.4. The second-order valence-corrected chi connectivity index (χ2v) is 8.32. The summed E-state index contributed by atoms with van der Waals surface area (Å²) < 4.78 is 5.86. The van der Waals surface area contributed by atoms with E-state index >= 15 is 0 Å². The number of nitrogens with zero attached hydrogens (tertiary/aromatic N) is 1. The first-order valence-electron chi connectivity index (χ1n) is 12.2. The molecule has 0 saturated carbocycles. The van der Waals surface area contributed by atoms with Gasteiger partial charge in [-0.05, 0) is 25.5 Å². The predicted octanol–water partition coefficient (Wildman–Crippen LogP) is 7.37. The fraction of sp³-hybridized carbons (Fsp3) is 0.692. The van der Waals surface area contributed by atoms with Gasteiger partial charge in [-0.15, -0.1) is 0 Å². The molecule has 1 rings (SSSR count). The number of hydrogen-bond acceptors (Lipinski definition) is 4. The molecule has 0 amide bonds. The summed E-state index contributed by atoms with van der Waals surface area (Å²) in [5.74, 6) is -0.234. The zero-order valence-corrected chi connectivity index (χ0v) is 19.7. The Bertz CT molecular complexity index is 615. The molecule has 0 fully saturated rings. The Morgan fingerprint density at radius 2 is 1.42 bits per heavy atom. The van der Waals surface area contributed by atoms with Crippen molar-refractivity contribution >= 4 is 11.7 Å². The zero-order valence-electron chi connectivity index (χ0n) is 19.7. The lowest BCUT2D eigenvalue weighted by Gasteiger charge is -2.08. The molecule has 31 heavy (non-hydrogen) atoms. The van der Waals surface area contributed by atoms with E-state index in [1.807, 2.05) is 24.3 Å². The van der Waals surface area contributed by atoms with Gasteiger partial charge in [-0.2, -0.15) is 0 Å². The molecule has 0 atom stereocenters. The Morgan fingerprint density at radius 3 is 1.97 bits per heavy atom. The molecule has 1 N–H and O–H groups in total. The monoisotopic (exact) mass is 433 g/mol. The van der Waals surface area contributed by atoms with Crippen LogP contribution in [0.4, 0.5) is 0 Å². The molecule has 0 heterocycles. The van der Waals surface area contributed by atoms with Crippen molar-refractivity contribution < 1.29 is 19.5 Å². The normalized spacial score (nSPS) is 11.5. The van der Waals surface area contributed by atoms with Crippen molar-refractivity contribution in [2.24, 2.45) is 5.16 Å². The molecule has 5 nitrogen and oxygen atoms in total. The molecular weight excluding hydrogens is 390 g/mol. The lowest BCUT2D eigenvalue weighted by atomic mass is 10.0. The number of benzene rings is 1. The average molecular weight is 434 g/mol. The van der Waals surface area contributed by atoms with Gasteiger partial charge in [-0.3, -0.25) is 0 Å². The highest BCUT2D eigenvalue weighted by molar-refractivity contribution is 5.98. The lowest BCUT2D eigenvalue weighted by molar-refractivity contribution is -0.142. The van der Waals surface area contributed by atoms with Crippen LogP contribution in [0.3, 0.4) is 0 Å². The highest BCUT2D eigenvalue weighted by Crippen LogP contribution is 2.16. The topological polar surface area (TPSA) is 68.1 Å². The van der Waals surface area contributed by atoms with Gasteiger partial charge in [0.1, 0.15) is 5.75 Å². The molecule has 0 radical (unpaired) electrons. The lowest BCUT2D eigenvalue weighted by Crippen LogP contribution is -2.05. The van der Waals surface area contributed by atoms with Gasteiger partial charge in [0, 0.05) is 5.56 Å². The molecule has 0 saturated heterocycles. The summed E-state index contributed by atoms with van der Waals surface area (Å²) >= 11 is 0. The highest BCUT2D eigenvalue weighted by atomic mass is 16.6. The Kier molecular flexibility index (Phi) is 16.3. The van der Waals surface area contributed by atoms with Gasteiger partial charge in [0.25, 0.3) is 0 Å². The van der Waals surface area contributed by atoms with Crippen LogP contribution in [0.25, 0.3) is 0 Å². The minimum absolute atomic E-state index is 0.438. The van der Waals surface area contributed by atoms with E-state index < -0.39 is 12.6 Å². The first-order chi connectivity index (χ1) is 15.1. The largest absolute Gasteiger partial charge is 0.494 e. The number of aliphatic carboxylic acids is 1. The maximum absolute atomic E-state index is 10.5. The third-order valence-electron chi connectivity index (χ3n) is 5.41. The van der Waals surface area contributed by atoms with Crippen LogP contribution in [-0.2, 0) is 9.63 Å². The molecule has 0 spiro atoms. The molecule has 176 valence electrons. The summed E-state index contributed by atoms with van der Waals surface area (Å²) in [7, 11) is 0.